The van der Waals surface area contributed by atoms with Gasteiger partial charge in [0.25, 0.3) is 0 Å². The Labute approximate surface area is 184 Å². The van der Waals surface area contributed by atoms with Crippen molar-refractivity contribution in [3.8, 4) is 5.75 Å². The zero-order valence-electron chi connectivity index (χ0n) is 16.6. The Bertz CT molecular complexity index is 1040. The summed E-state index contributed by atoms with van der Waals surface area (Å²) in [6, 6.07) is 14.5. The van der Waals surface area contributed by atoms with Crippen molar-refractivity contribution in [2.24, 2.45) is 0 Å². The molecule has 4 rings (SSSR count). The van der Waals surface area contributed by atoms with E-state index < -0.39 is 5.25 Å². The molecular formula is C21H22ClN5O2S. The summed E-state index contributed by atoms with van der Waals surface area (Å²) in [4.78, 5) is 13.3. The molecule has 0 bridgehead atoms. The second-order valence-electron chi connectivity index (χ2n) is 6.90. The van der Waals surface area contributed by atoms with Crippen LogP contribution in [-0.2, 0) is 11.2 Å². The van der Waals surface area contributed by atoms with Crippen molar-refractivity contribution in [2.75, 3.05) is 17.9 Å². The second-order valence-corrected chi connectivity index (χ2v) is 8.45. The third-order valence-electron chi connectivity index (χ3n) is 4.80. The zero-order valence-corrected chi connectivity index (χ0v) is 18.2. The van der Waals surface area contributed by atoms with Gasteiger partial charge in [-0.05, 0) is 36.2 Å². The Morgan fingerprint density at radius 3 is 2.80 bits per heavy atom. The number of amides is 1. The van der Waals surface area contributed by atoms with Gasteiger partial charge < -0.3 is 15.5 Å². The first-order valence-electron chi connectivity index (χ1n) is 9.67. The van der Waals surface area contributed by atoms with Crippen molar-refractivity contribution in [1.29, 1.82) is 0 Å². The quantitative estimate of drug-likeness (QED) is 0.591. The molecular weight excluding hydrogens is 422 g/mol. The molecule has 2 heterocycles. The number of ether oxygens (including phenoxy) is 1. The molecule has 0 fully saturated rings. The highest BCUT2D eigenvalue weighted by atomic mass is 35.5. The molecule has 156 valence electrons. The van der Waals surface area contributed by atoms with Crippen LogP contribution in [0.15, 0.2) is 53.7 Å². The van der Waals surface area contributed by atoms with Crippen LogP contribution >= 0.6 is 23.4 Å². The summed E-state index contributed by atoms with van der Waals surface area (Å²) in [5.74, 6) is 1.40. The van der Waals surface area contributed by atoms with Crippen LogP contribution in [0.4, 0.5) is 5.69 Å². The van der Waals surface area contributed by atoms with Gasteiger partial charge in [0.2, 0.25) is 11.1 Å². The molecule has 1 aliphatic heterocycles. The number of anilines is 1. The molecule has 1 amide bonds. The second kappa shape index (κ2) is 8.97. The minimum Gasteiger partial charge on any atom is -0.497 e. The number of rotatable bonds is 6. The molecule has 1 aliphatic rings. The monoisotopic (exact) mass is 443 g/mol. The van der Waals surface area contributed by atoms with Crippen LogP contribution in [0.25, 0.3) is 0 Å². The topological polar surface area (TPSA) is 81.1 Å². The van der Waals surface area contributed by atoms with E-state index in [0.29, 0.717) is 21.6 Å². The van der Waals surface area contributed by atoms with Gasteiger partial charge in [-0.25, -0.2) is 4.68 Å². The van der Waals surface area contributed by atoms with Crippen molar-refractivity contribution < 1.29 is 9.53 Å². The summed E-state index contributed by atoms with van der Waals surface area (Å²) in [5, 5.41) is 12.4. The lowest BCUT2D eigenvalue weighted by atomic mass is 10.0. The lowest BCUT2D eigenvalue weighted by Gasteiger charge is -2.33. The minimum atomic E-state index is -0.455. The normalized spacial score (nSPS) is 17.7. The van der Waals surface area contributed by atoms with Crippen LogP contribution < -0.4 is 15.5 Å². The van der Waals surface area contributed by atoms with Crippen molar-refractivity contribution in [3.63, 3.8) is 0 Å². The molecule has 7 nitrogen and oxygen atoms in total. The van der Waals surface area contributed by atoms with Gasteiger partial charge in [0.05, 0.1) is 13.2 Å². The van der Waals surface area contributed by atoms with E-state index in [1.165, 1.54) is 11.8 Å². The lowest BCUT2D eigenvalue weighted by Crippen LogP contribution is -2.41. The molecule has 2 N–H and O–H groups in total. The van der Waals surface area contributed by atoms with E-state index in [9.17, 15) is 4.79 Å². The van der Waals surface area contributed by atoms with Crippen LogP contribution in [0.5, 0.6) is 5.75 Å². The number of halogens is 1. The maximum absolute atomic E-state index is 13.3. The summed E-state index contributed by atoms with van der Waals surface area (Å²) in [5.41, 5.74) is 5.08. The van der Waals surface area contributed by atoms with Gasteiger partial charge in [0.15, 0.2) is 5.82 Å². The third kappa shape index (κ3) is 4.24. The standard InChI is InChI=1S/C21H22ClN5O2S/c1-3-5-17-24-25-21-27(17)26-18(13-8-10-14(22)11-9-13)19(30-21)20(28)23-15-6-4-7-16(12-15)29-2/h4,6-12,18-19,26H,3,5H2,1-2H3,(H,23,28). The Kier molecular flexibility index (Phi) is 6.15. The van der Waals surface area contributed by atoms with Gasteiger partial charge in [-0.15, -0.1) is 10.2 Å². The fraction of sp³-hybridized carbons (Fsp3) is 0.286. The fourth-order valence-electron chi connectivity index (χ4n) is 3.32. The van der Waals surface area contributed by atoms with Gasteiger partial charge in [-0.3, -0.25) is 4.79 Å². The molecule has 30 heavy (non-hydrogen) atoms. The molecule has 0 radical (unpaired) electrons. The predicted molar refractivity (Wildman–Crippen MR) is 119 cm³/mol. The smallest absolute Gasteiger partial charge is 0.240 e. The Hall–Kier alpha value is -2.71. The number of carbonyl (C=O) groups is 1. The highest BCUT2D eigenvalue weighted by molar-refractivity contribution is 8.00. The summed E-state index contributed by atoms with van der Waals surface area (Å²) in [6.07, 6.45) is 1.75. The first-order valence-corrected chi connectivity index (χ1v) is 10.9. The number of thioether (sulfide) groups is 1. The summed E-state index contributed by atoms with van der Waals surface area (Å²) in [6.45, 7) is 2.10. The lowest BCUT2D eigenvalue weighted by molar-refractivity contribution is -0.116. The number of hydrogen-bond donors (Lipinski definition) is 2. The number of methoxy groups -OCH3 is 1. The van der Waals surface area contributed by atoms with Crippen LogP contribution in [-0.4, -0.2) is 33.1 Å². The van der Waals surface area contributed by atoms with Crippen LogP contribution in [0.3, 0.4) is 0 Å². The van der Waals surface area contributed by atoms with E-state index in [1.54, 1.807) is 13.2 Å². The average molecular weight is 444 g/mol. The molecule has 0 spiro atoms. The van der Waals surface area contributed by atoms with E-state index in [1.807, 2.05) is 47.1 Å². The molecule has 0 aliphatic carbocycles. The molecule has 0 saturated carbocycles. The van der Waals surface area contributed by atoms with Crippen LogP contribution in [0, 0.1) is 0 Å². The molecule has 2 aromatic carbocycles. The fourth-order valence-corrected chi connectivity index (χ4v) is 4.54. The van der Waals surface area contributed by atoms with E-state index in [0.717, 1.165) is 24.2 Å². The highest BCUT2D eigenvalue weighted by Gasteiger charge is 2.37. The van der Waals surface area contributed by atoms with Gasteiger partial charge in [-0.2, -0.15) is 0 Å². The highest BCUT2D eigenvalue weighted by Crippen LogP contribution is 2.38. The van der Waals surface area contributed by atoms with Crippen molar-refractivity contribution in [3.05, 3.63) is 64.9 Å². The molecule has 3 aromatic rings. The zero-order chi connectivity index (χ0) is 21.1. The first-order chi connectivity index (χ1) is 14.6. The maximum Gasteiger partial charge on any atom is 0.240 e. The van der Waals surface area contributed by atoms with Gasteiger partial charge in [0.1, 0.15) is 11.0 Å². The SMILES string of the molecule is CCCc1nnc2n1NC(c1ccc(Cl)cc1)C(C(=O)Nc1cccc(OC)c1)S2. The van der Waals surface area contributed by atoms with E-state index in [4.69, 9.17) is 16.3 Å². The number of hydrogen-bond acceptors (Lipinski definition) is 6. The van der Waals surface area contributed by atoms with Gasteiger partial charge >= 0.3 is 0 Å². The number of aryl methyl sites for hydroxylation is 1. The predicted octanol–water partition coefficient (Wildman–Crippen LogP) is 4.29. The Balaban J connectivity index is 1.65. The molecule has 2 unspecified atom stereocenters. The number of benzene rings is 2. The van der Waals surface area contributed by atoms with Crippen molar-refractivity contribution in [1.82, 2.24) is 14.9 Å². The van der Waals surface area contributed by atoms with Gasteiger partial charge in [-0.1, -0.05) is 48.5 Å². The van der Waals surface area contributed by atoms with E-state index in [2.05, 4.69) is 27.9 Å². The first kappa shape index (κ1) is 20.6. The molecule has 9 heteroatoms. The number of nitrogens with one attached hydrogen (secondary N) is 2. The number of aromatic nitrogens is 3. The maximum atomic E-state index is 13.3. The summed E-state index contributed by atoms with van der Waals surface area (Å²) >= 11 is 7.47. The number of fused-ring (bicyclic) bond motifs is 1. The Morgan fingerprint density at radius 1 is 1.27 bits per heavy atom. The molecule has 2 atom stereocenters. The minimum absolute atomic E-state index is 0.132. The number of carbonyl (C=O) groups excluding carboxylic acids is 1. The summed E-state index contributed by atoms with van der Waals surface area (Å²) < 4.78 is 7.14. The molecule has 1 aromatic heterocycles. The van der Waals surface area contributed by atoms with Crippen LogP contribution in [0.1, 0.15) is 30.8 Å². The largest absolute Gasteiger partial charge is 0.497 e. The average Bonchev–Trinajstić information content (AvgIpc) is 3.15. The number of nitrogens with zero attached hydrogens (tertiary/aromatic N) is 3. The Morgan fingerprint density at radius 2 is 2.07 bits per heavy atom. The van der Waals surface area contributed by atoms with Gasteiger partial charge in [0, 0.05) is 23.2 Å². The summed E-state index contributed by atoms with van der Waals surface area (Å²) in [7, 11) is 1.60. The van der Waals surface area contributed by atoms with Crippen molar-refractivity contribution >= 4 is 35.0 Å². The third-order valence-corrected chi connectivity index (χ3v) is 6.27. The van der Waals surface area contributed by atoms with E-state index >= 15 is 0 Å². The van der Waals surface area contributed by atoms with Crippen molar-refractivity contribution in [2.45, 2.75) is 36.2 Å². The van der Waals surface area contributed by atoms with E-state index in [-0.39, 0.29) is 11.9 Å². The van der Waals surface area contributed by atoms with Crippen LogP contribution in [0.2, 0.25) is 5.02 Å². The molecule has 0 saturated heterocycles.